The summed E-state index contributed by atoms with van der Waals surface area (Å²) in [6.45, 7) is 7.21. The number of carbonyl (C=O) groups excluding carboxylic acids is 1. The number of fused-ring (bicyclic) bond motifs is 1. The van der Waals surface area contributed by atoms with Crippen LogP contribution < -0.4 is 15.1 Å². The fourth-order valence-electron chi connectivity index (χ4n) is 3.32. The van der Waals surface area contributed by atoms with E-state index in [9.17, 15) is 18.0 Å². The average molecular weight is 444 g/mol. The number of esters is 1. The van der Waals surface area contributed by atoms with Crippen molar-refractivity contribution in [1.29, 1.82) is 0 Å². The van der Waals surface area contributed by atoms with Crippen LogP contribution in [-0.4, -0.2) is 20.4 Å². The SMILES string of the molecule is CCC[C@@H](NS(=O)(=O)c1ccc(C)cc1)C(=O)Oc1cc(C)cc2oc(=O)cc(C)c12. The van der Waals surface area contributed by atoms with Crippen LogP contribution in [0.1, 0.15) is 36.5 Å². The Kier molecular flexibility index (Phi) is 6.62. The molecule has 0 aliphatic carbocycles. The van der Waals surface area contributed by atoms with Gasteiger partial charge in [0.1, 0.15) is 17.4 Å². The molecule has 0 aliphatic heterocycles. The third-order valence-electron chi connectivity index (χ3n) is 4.85. The molecule has 0 aliphatic rings. The predicted octanol–water partition coefficient (Wildman–Crippen LogP) is 3.77. The molecule has 1 aromatic heterocycles. The van der Waals surface area contributed by atoms with Crippen molar-refractivity contribution in [2.75, 3.05) is 0 Å². The normalized spacial score (nSPS) is 12.6. The molecule has 0 bridgehead atoms. The molecule has 1 heterocycles. The Hall–Kier alpha value is -2.97. The van der Waals surface area contributed by atoms with Crippen molar-refractivity contribution < 1.29 is 22.4 Å². The van der Waals surface area contributed by atoms with Crippen molar-refractivity contribution in [3.05, 3.63) is 69.6 Å². The molecule has 31 heavy (non-hydrogen) atoms. The van der Waals surface area contributed by atoms with Gasteiger partial charge in [-0.15, -0.1) is 0 Å². The summed E-state index contributed by atoms with van der Waals surface area (Å²) in [5.41, 5.74) is 2.07. The van der Waals surface area contributed by atoms with Crippen LogP contribution in [0.15, 0.2) is 56.6 Å². The van der Waals surface area contributed by atoms with Crippen molar-refractivity contribution in [2.45, 2.75) is 51.5 Å². The topological polar surface area (TPSA) is 103 Å². The van der Waals surface area contributed by atoms with Crippen molar-refractivity contribution >= 4 is 27.0 Å². The fourth-order valence-corrected chi connectivity index (χ4v) is 4.54. The van der Waals surface area contributed by atoms with E-state index in [1.165, 1.54) is 18.2 Å². The first kappa shape index (κ1) is 22.7. The molecule has 8 heteroatoms. The first-order valence-electron chi connectivity index (χ1n) is 9.96. The molecular formula is C23H25NO6S. The Morgan fingerprint density at radius 2 is 1.74 bits per heavy atom. The lowest BCUT2D eigenvalue weighted by Crippen LogP contribution is -2.42. The van der Waals surface area contributed by atoms with Gasteiger partial charge in [-0.25, -0.2) is 18.0 Å². The number of carbonyl (C=O) groups is 1. The summed E-state index contributed by atoms with van der Waals surface area (Å²) in [5, 5.41) is 0.496. The van der Waals surface area contributed by atoms with E-state index in [-0.39, 0.29) is 17.1 Å². The van der Waals surface area contributed by atoms with Gasteiger partial charge in [0.2, 0.25) is 10.0 Å². The Balaban J connectivity index is 1.93. The molecule has 0 spiro atoms. The van der Waals surface area contributed by atoms with Crippen molar-refractivity contribution in [1.82, 2.24) is 4.72 Å². The smallest absolute Gasteiger partial charge is 0.336 e. The molecule has 3 aromatic rings. The van der Waals surface area contributed by atoms with Crippen LogP contribution in [0.25, 0.3) is 11.0 Å². The zero-order valence-corrected chi connectivity index (χ0v) is 18.7. The molecule has 0 amide bonds. The maximum absolute atomic E-state index is 13.0. The van der Waals surface area contributed by atoms with Crippen LogP contribution in [0, 0.1) is 20.8 Å². The fraction of sp³-hybridized carbons (Fsp3) is 0.304. The zero-order chi connectivity index (χ0) is 22.8. The van der Waals surface area contributed by atoms with Gasteiger partial charge in [-0.1, -0.05) is 31.0 Å². The Morgan fingerprint density at radius 3 is 2.39 bits per heavy atom. The summed E-state index contributed by atoms with van der Waals surface area (Å²) in [6, 6.07) is 9.96. The van der Waals surface area contributed by atoms with Gasteiger partial charge in [-0.2, -0.15) is 4.72 Å². The van der Waals surface area contributed by atoms with Crippen LogP contribution in [0.4, 0.5) is 0 Å². The minimum absolute atomic E-state index is 0.0747. The summed E-state index contributed by atoms with van der Waals surface area (Å²) < 4.78 is 38.9. The van der Waals surface area contributed by atoms with E-state index in [1.807, 2.05) is 13.8 Å². The lowest BCUT2D eigenvalue weighted by molar-refractivity contribution is -0.136. The second kappa shape index (κ2) is 9.03. The Morgan fingerprint density at radius 1 is 1.06 bits per heavy atom. The molecule has 2 aromatic carbocycles. The molecule has 0 saturated carbocycles. The number of hydrogen-bond donors (Lipinski definition) is 1. The standard InChI is InChI=1S/C23H25NO6S/c1-5-6-18(24-31(27,28)17-9-7-14(2)8-10-17)23(26)30-20-12-15(3)11-19-22(20)16(4)13-21(25)29-19/h7-13,18,24H,5-6H2,1-4H3/t18-/m1/s1. The monoisotopic (exact) mass is 443 g/mol. The third kappa shape index (κ3) is 5.21. The highest BCUT2D eigenvalue weighted by Gasteiger charge is 2.27. The van der Waals surface area contributed by atoms with Crippen LogP contribution >= 0.6 is 0 Å². The first-order valence-corrected chi connectivity index (χ1v) is 11.4. The number of sulfonamides is 1. The van der Waals surface area contributed by atoms with E-state index >= 15 is 0 Å². The number of ether oxygens (including phenoxy) is 1. The highest BCUT2D eigenvalue weighted by Crippen LogP contribution is 2.30. The quantitative estimate of drug-likeness (QED) is 0.339. The molecule has 0 unspecified atom stereocenters. The molecule has 0 fully saturated rings. The van der Waals surface area contributed by atoms with Gasteiger partial charge in [0, 0.05) is 6.07 Å². The van der Waals surface area contributed by atoms with Crippen molar-refractivity contribution in [3.63, 3.8) is 0 Å². The summed E-state index contributed by atoms with van der Waals surface area (Å²) >= 11 is 0. The highest BCUT2D eigenvalue weighted by molar-refractivity contribution is 7.89. The molecule has 3 rings (SSSR count). The highest BCUT2D eigenvalue weighted by atomic mass is 32.2. The molecule has 1 N–H and O–H groups in total. The van der Waals surface area contributed by atoms with E-state index in [1.54, 1.807) is 38.1 Å². The van der Waals surface area contributed by atoms with E-state index < -0.39 is 27.7 Å². The Bertz CT molecular complexity index is 1280. The van der Waals surface area contributed by atoms with E-state index in [0.29, 0.717) is 23.0 Å². The van der Waals surface area contributed by atoms with Gasteiger partial charge in [0.25, 0.3) is 0 Å². The van der Waals surface area contributed by atoms with Gasteiger partial charge < -0.3 is 9.15 Å². The van der Waals surface area contributed by atoms with Gasteiger partial charge in [0.15, 0.2) is 0 Å². The average Bonchev–Trinajstić information content (AvgIpc) is 2.66. The number of rotatable bonds is 7. The lowest BCUT2D eigenvalue weighted by Gasteiger charge is -2.18. The third-order valence-corrected chi connectivity index (χ3v) is 6.34. The second-order valence-electron chi connectivity index (χ2n) is 7.58. The summed E-state index contributed by atoms with van der Waals surface area (Å²) in [5.74, 6) is -0.507. The Labute approximate surface area is 181 Å². The van der Waals surface area contributed by atoms with E-state index in [0.717, 1.165) is 11.1 Å². The minimum atomic E-state index is -3.91. The number of hydrogen-bond acceptors (Lipinski definition) is 6. The van der Waals surface area contributed by atoms with Crippen LogP contribution in [0.2, 0.25) is 0 Å². The first-order chi connectivity index (χ1) is 14.6. The van der Waals surface area contributed by atoms with Crippen molar-refractivity contribution in [3.8, 4) is 5.75 Å². The maximum atomic E-state index is 13.0. The van der Waals surface area contributed by atoms with Crippen molar-refractivity contribution in [2.24, 2.45) is 0 Å². The van der Waals surface area contributed by atoms with Crippen LogP contribution in [-0.2, 0) is 14.8 Å². The summed E-state index contributed by atoms with van der Waals surface area (Å²) in [4.78, 5) is 24.7. The zero-order valence-electron chi connectivity index (χ0n) is 17.9. The van der Waals surface area contributed by atoms with Gasteiger partial charge in [0.05, 0.1) is 10.3 Å². The summed E-state index contributed by atoms with van der Waals surface area (Å²) in [6.07, 6.45) is 0.834. The molecule has 164 valence electrons. The van der Waals surface area contributed by atoms with Gasteiger partial charge in [-0.05, 0) is 62.6 Å². The van der Waals surface area contributed by atoms with E-state index in [4.69, 9.17) is 9.15 Å². The molecule has 7 nitrogen and oxygen atoms in total. The molecule has 0 radical (unpaired) electrons. The van der Waals surface area contributed by atoms with E-state index in [2.05, 4.69) is 4.72 Å². The molecule has 0 saturated heterocycles. The second-order valence-corrected chi connectivity index (χ2v) is 9.30. The lowest BCUT2D eigenvalue weighted by atomic mass is 10.1. The van der Waals surface area contributed by atoms with Gasteiger partial charge in [-0.3, -0.25) is 0 Å². The predicted molar refractivity (Wildman–Crippen MR) is 118 cm³/mol. The minimum Gasteiger partial charge on any atom is -0.425 e. The maximum Gasteiger partial charge on any atom is 0.336 e. The van der Waals surface area contributed by atoms with Crippen LogP contribution in [0.3, 0.4) is 0 Å². The number of aryl methyl sites for hydroxylation is 3. The van der Waals surface area contributed by atoms with Gasteiger partial charge >= 0.3 is 11.6 Å². The largest absolute Gasteiger partial charge is 0.425 e. The molecule has 1 atom stereocenters. The van der Waals surface area contributed by atoms with Crippen LogP contribution in [0.5, 0.6) is 5.75 Å². The summed E-state index contributed by atoms with van der Waals surface area (Å²) in [7, 11) is -3.91. The molecular weight excluding hydrogens is 418 g/mol. The number of benzene rings is 2. The number of nitrogens with one attached hydrogen (secondary N) is 1.